The van der Waals surface area contributed by atoms with Gasteiger partial charge >= 0.3 is 0 Å². The van der Waals surface area contributed by atoms with Crippen LogP contribution in [0.25, 0.3) is 0 Å². The zero-order valence-corrected chi connectivity index (χ0v) is 9.67. The van der Waals surface area contributed by atoms with Crippen LogP contribution in [-0.2, 0) is 0 Å². The Kier molecular flexibility index (Phi) is 3.03. The Balaban J connectivity index is 2.11. The lowest BCUT2D eigenvalue weighted by Crippen LogP contribution is -2.20. The molecule has 1 unspecified atom stereocenters. The first-order valence-electron chi connectivity index (χ1n) is 4.76. The van der Waals surface area contributed by atoms with Gasteiger partial charge in [0.25, 0.3) is 0 Å². The fraction of sp³-hybridized carbons (Fsp3) is 0.500. The molecular weight excluding hydrogens is 244 g/mol. The largest absolute Gasteiger partial charge is 0.472 e. The van der Waals surface area contributed by atoms with Crippen molar-refractivity contribution in [1.29, 1.82) is 0 Å². The van der Waals surface area contributed by atoms with E-state index in [0.29, 0.717) is 5.88 Å². The summed E-state index contributed by atoms with van der Waals surface area (Å²) in [4.78, 5) is 4.21. The number of halogens is 1. The van der Waals surface area contributed by atoms with Gasteiger partial charge in [-0.05, 0) is 47.4 Å². The van der Waals surface area contributed by atoms with Crippen molar-refractivity contribution in [1.82, 2.24) is 10.3 Å². The van der Waals surface area contributed by atoms with Gasteiger partial charge in [0, 0.05) is 12.7 Å². The first-order valence-corrected chi connectivity index (χ1v) is 5.55. The van der Waals surface area contributed by atoms with E-state index in [1.807, 2.05) is 13.0 Å². The van der Waals surface area contributed by atoms with E-state index in [-0.39, 0.29) is 6.10 Å². The summed E-state index contributed by atoms with van der Waals surface area (Å²) in [7, 11) is 0. The summed E-state index contributed by atoms with van der Waals surface area (Å²) in [6, 6.07) is 1.96. The number of pyridine rings is 1. The smallest absolute Gasteiger partial charge is 0.228 e. The maximum atomic E-state index is 5.77. The van der Waals surface area contributed by atoms with Gasteiger partial charge in [0.15, 0.2) is 0 Å². The van der Waals surface area contributed by atoms with Crippen molar-refractivity contribution in [3.05, 3.63) is 22.3 Å². The van der Waals surface area contributed by atoms with Crippen LogP contribution in [0.2, 0.25) is 0 Å². The van der Waals surface area contributed by atoms with Crippen LogP contribution in [0.15, 0.2) is 16.7 Å². The van der Waals surface area contributed by atoms with Gasteiger partial charge < -0.3 is 10.1 Å². The van der Waals surface area contributed by atoms with Crippen molar-refractivity contribution in [2.75, 3.05) is 13.1 Å². The molecule has 2 heterocycles. The summed E-state index contributed by atoms with van der Waals surface area (Å²) >= 11 is 3.48. The number of nitrogens with one attached hydrogen (secondary N) is 1. The van der Waals surface area contributed by atoms with Gasteiger partial charge in [-0.15, -0.1) is 0 Å². The van der Waals surface area contributed by atoms with E-state index in [9.17, 15) is 0 Å². The third kappa shape index (κ3) is 2.07. The van der Waals surface area contributed by atoms with Gasteiger partial charge in [-0.1, -0.05) is 0 Å². The molecule has 2 rings (SSSR count). The van der Waals surface area contributed by atoms with Crippen LogP contribution in [0, 0.1) is 6.92 Å². The fourth-order valence-electron chi connectivity index (χ4n) is 1.48. The Bertz CT molecular complexity index is 324. The molecule has 0 spiro atoms. The van der Waals surface area contributed by atoms with E-state index in [4.69, 9.17) is 4.74 Å². The zero-order valence-electron chi connectivity index (χ0n) is 8.09. The predicted octanol–water partition coefficient (Wildman–Crippen LogP) is 1.89. The van der Waals surface area contributed by atoms with Crippen LogP contribution in [0.5, 0.6) is 5.88 Å². The van der Waals surface area contributed by atoms with Crippen LogP contribution in [0.3, 0.4) is 0 Å². The molecule has 0 amide bonds. The predicted molar refractivity (Wildman–Crippen MR) is 58.6 cm³/mol. The maximum absolute atomic E-state index is 5.77. The minimum atomic E-state index is 0.264. The molecule has 3 nitrogen and oxygen atoms in total. The van der Waals surface area contributed by atoms with E-state index in [0.717, 1.165) is 29.5 Å². The number of ether oxygens (including phenoxy) is 1. The Morgan fingerprint density at radius 1 is 1.64 bits per heavy atom. The van der Waals surface area contributed by atoms with E-state index in [1.165, 1.54) is 0 Å². The van der Waals surface area contributed by atoms with Gasteiger partial charge in [0.1, 0.15) is 6.10 Å². The quantitative estimate of drug-likeness (QED) is 0.878. The molecule has 0 radical (unpaired) electrons. The SMILES string of the molecule is Cc1ccnc(OC2CCNC2)c1Br. The first kappa shape index (κ1) is 9.93. The minimum absolute atomic E-state index is 0.264. The number of aryl methyl sites for hydroxylation is 1. The van der Waals surface area contributed by atoms with Crippen molar-refractivity contribution in [3.63, 3.8) is 0 Å². The Morgan fingerprint density at radius 2 is 2.50 bits per heavy atom. The molecule has 14 heavy (non-hydrogen) atoms. The molecule has 0 saturated carbocycles. The molecule has 1 N–H and O–H groups in total. The molecular formula is C10H13BrN2O. The second kappa shape index (κ2) is 4.28. The highest BCUT2D eigenvalue weighted by Gasteiger charge is 2.17. The van der Waals surface area contributed by atoms with Crippen LogP contribution in [0.4, 0.5) is 0 Å². The molecule has 76 valence electrons. The van der Waals surface area contributed by atoms with Gasteiger partial charge in [0.05, 0.1) is 4.47 Å². The number of hydrogen-bond donors (Lipinski definition) is 1. The van der Waals surface area contributed by atoms with Crippen LogP contribution in [-0.4, -0.2) is 24.2 Å². The molecule has 1 atom stereocenters. The molecule has 0 bridgehead atoms. The molecule has 1 aliphatic heterocycles. The van der Waals surface area contributed by atoms with E-state index in [1.54, 1.807) is 6.20 Å². The van der Waals surface area contributed by atoms with Gasteiger partial charge in [-0.25, -0.2) is 4.98 Å². The number of aromatic nitrogens is 1. The van der Waals surface area contributed by atoms with Crippen LogP contribution in [0.1, 0.15) is 12.0 Å². The normalized spacial score (nSPS) is 21.1. The van der Waals surface area contributed by atoms with Crippen molar-refractivity contribution >= 4 is 15.9 Å². The van der Waals surface area contributed by atoms with Gasteiger partial charge in [0.2, 0.25) is 5.88 Å². The van der Waals surface area contributed by atoms with Gasteiger partial charge in [-0.3, -0.25) is 0 Å². The lowest BCUT2D eigenvalue weighted by Gasteiger charge is -2.13. The summed E-state index contributed by atoms with van der Waals surface area (Å²) in [6.07, 6.45) is 3.10. The Morgan fingerprint density at radius 3 is 3.21 bits per heavy atom. The second-order valence-electron chi connectivity index (χ2n) is 3.48. The third-order valence-corrected chi connectivity index (χ3v) is 3.31. The molecule has 0 aliphatic carbocycles. The minimum Gasteiger partial charge on any atom is -0.472 e. The standard InChI is InChI=1S/C10H13BrN2O/c1-7-2-5-13-10(9(7)11)14-8-3-4-12-6-8/h2,5,8,12H,3-4,6H2,1H3. The molecule has 4 heteroatoms. The molecule has 1 aliphatic rings. The molecule has 1 aromatic heterocycles. The number of nitrogens with zero attached hydrogens (tertiary/aromatic N) is 1. The monoisotopic (exact) mass is 256 g/mol. The third-order valence-electron chi connectivity index (χ3n) is 2.34. The lowest BCUT2D eigenvalue weighted by atomic mass is 10.3. The summed E-state index contributed by atoms with van der Waals surface area (Å²) in [5.41, 5.74) is 1.15. The highest BCUT2D eigenvalue weighted by molar-refractivity contribution is 9.10. The maximum Gasteiger partial charge on any atom is 0.228 e. The average molecular weight is 257 g/mol. The molecule has 0 aromatic carbocycles. The highest BCUT2D eigenvalue weighted by atomic mass is 79.9. The van der Waals surface area contributed by atoms with E-state index < -0.39 is 0 Å². The summed E-state index contributed by atoms with van der Waals surface area (Å²) in [5.74, 6) is 0.707. The van der Waals surface area contributed by atoms with Crippen molar-refractivity contribution in [3.8, 4) is 5.88 Å². The molecule has 1 aromatic rings. The summed E-state index contributed by atoms with van der Waals surface area (Å²) in [6.45, 7) is 3.99. The van der Waals surface area contributed by atoms with Crippen LogP contribution >= 0.6 is 15.9 Å². The second-order valence-corrected chi connectivity index (χ2v) is 4.27. The van der Waals surface area contributed by atoms with Gasteiger partial charge in [-0.2, -0.15) is 0 Å². The van der Waals surface area contributed by atoms with E-state index >= 15 is 0 Å². The zero-order chi connectivity index (χ0) is 9.97. The lowest BCUT2D eigenvalue weighted by molar-refractivity contribution is 0.212. The highest BCUT2D eigenvalue weighted by Crippen LogP contribution is 2.26. The van der Waals surface area contributed by atoms with Crippen molar-refractivity contribution in [2.45, 2.75) is 19.4 Å². The van der Waals surface area contributed by atoms with Crippen LogP contribution < -0.4 is 10.1 Å². The number of hydrogen-bond acceptors (Lipinski definition) is 3. The average Bonchev–Trinajstić information content (AvgIpc) is 2.66. The summed E-state index contributed by atoms with van der Waals surface area (Å²) in [5, 5.41) is 3.26. The Hall–Kier alpha value is -0.610. The topological polar surface area (TPSA) is 34.1 Å². The first-order chi connectivity index (χ1) is 6.77. The Labute approximate surface area is 92.0 Å². The number of rotatable bonds is 2. The van der Waals surface area contributed by atoms with Crippen molar-refractivity contribution < 1.29 is 4.74 Å². The fourth-order valence-corrected chi connectivity index (χ4v) is 1.81. The van der Waals surface area contributed by atoms with E-state index in [2.05, 4.69) is 26.2 Å². The molecule has 1 fully saturated rings. The molecule has 1 saturated heterocycles. The van der Waals surface area contributed by atoms with Crippen molar-refractivity contribution in [2.24, 2.45) is 0 Å². The summed E-state index contributed by atoms with van der Waals surface area (Å²) < 4.78 is 6.73.